The Morgan fingerprint density at radius 2 is 2.27 bits per heavy atom. The minimum atomic E-state index is -0.0104. The molecule has 0 saturated heterocycles. The Morgan fingerprint density at radius 1 is 1.47 bits per heavy atom. The predicted molar refractivity (Wildman–Crippen MR) is 61.7 cm³/mol. The highest BCUT2D eigenvalue weighted by Gasteiger charge is 2.06. The van der Waals surface area contributed by atoms with E-state index in [9.17, 15) is 4.79 Å². The van der Waals surface area contributed by atoms with Crippen molar-refractivity contribution in [1.29, 1.82) is 0 Å². The Balaban J connectivity index is 2.41. The fraction of sp³-hybridized carbons (Fsp3) is 0.0909. The molecule has 0 amide bonds. The Kier molecular flexibility index (Phi) is 2.68. The Morgan fingerprint density at radius 3 is 2.87 bits per heavy atom. The number of aromatic amines is 1. The molecule has 15 heavy (non-hydrogen) atoms. The fourth-order valence-electron chi connectivity index (χ4n) is 1.28. The second-order valence-corrected chi connectivity index (χ2v) is 4.13. The maximum absolute atomic E-state index is 11.1. The lowest BCUT2D eigenvalue weighted by Gasteiger charge is -1.96. The first-order valence-corrected chi connectivity index (χ1v) is 5.28. The van der Waals surface area contributed by atoms with Gasteiger partial charge in [-0.25, -0.2) is 4.98 Å². The minimum absolute atomic E-state index is 0.0104. The van der Waals surface area contributed by atoms with Gasteiger partial charge in [0.1, 0.15) is 11.5 Å². The molecule has 0 unspecified atom stereocenters. The van der Waals surface area contributed by atoms with Gasteiger partial charge < -0.3 is 4.98 Å². The zero-order valence-electron chi connectivity index (χ0n) is 8.12. The molecule has 0 radical (unpaired) electrons. The molecule has 1 aromatic heterocycles. The van der Waals surface area contributed by atoms with Crippen LogP contribution in [-0.4, -0.2) is 15.8 Å². The summed E-state index contributed by atoms with van der Waals surface area (Å²) in [6, 6.07) is 7.75. The molecule has 0 aliphatic carbocycles. The van der Waals surface area contributed by atoms with Gasteiger partial charge in [-0.1, -0.05) is 28.1 Å². The molecular weight excluding hydrogens is 256 g/mol. The van der Waals surface area contributed by atoms with Crippen molar-refractivity contribution in [2.24, 2.45) is 0 Å². The third kappa shape index (κ3) is 2.15. The molecule has 1 N–H and O–H groups in total. The van der Waals surface area contributed by atoms with Crippen LogP contribution in [0.5, 0.6) is 0 Å². The van der Waals surface area contributed by atoms with Crippen LogP contribution in [0.2, 0.25) is 0 Å². The van der Waals surface area contributed by atoms with Crippen LogP contribution in [0, 0.1) is 0 Å². The van der Waals surface area contributed by atoms with E-state index >= 15 is 0 Å². The van der Waals surface area contributed by atoms with Gasteiger partial charge in [-0.15, -0.1) is 0 Å². The summed E-state index contributed by atoms with van der Waals surface area (Å²) in [5, 5.41) is 0. The first-order valence-electron chi connectivity index (χ1n) is 4.48. The molecule has 0 fully saturated rings. The largest absolute Gasteiger partial charge is 0.336 e. The Hall–Kier alpha value is -1.42. The maximum Gasteiger partial charge on any atom is 0.177 e. The lowest BCUT2D eigenvalue weighted by Crippen LogP contribution is -1.91. The van der Waals surface area contributed by atoms with Crippen molar-refractivity contribution in [2.45, 2.75) is 6.92 Å². The second kappa shape index (κ2) is 3.98. The van der Waals surface area contributed by atoms with Crippen LogP contribution in [0.4, 0.5) is 0 Å². The van der Waals surface area contributed by atoms with Crippen molar-refractivity contribution in [3.8, 4) is 11.4 Å². The van der Waals surface area contributed by atoms with Crippen molar-refractivity contribution in [1.82, 2.24) is 9.97 Å². The lowest BCUT2D eigenvalue weighted by atomic mass is 10.2. The number of hydrogen-bond acceptors (Lipinski definition) is 2. The molecule has 2 aromatic rings. The number of ketones is 1. The van der Waals surface area contributed by atoms with Gasteiger partial charge in [-0.2, -0.15) is 0 Å². The number of Topliss-reactive ketones (excluding diaryl/α,β-unsaturated/α-hetero) is 1. The van der Waals surface area contributed by atoms with E-state index in [-0.39, 0.29) is 5.78 Å². The van der Waals surface area contributed by atoms with Crippen LogP contribution in [0.25, 0.3) is 11.4 Å². The smallest absolute Gasteiger partial charge is 0.177 e. The van der Waals surface area contributed by atoms with Gasteiger partial charge in [-0.05, 0) is 12.1 Å². The van der Waals surface area contributed by atoms with Gasteiger partial charge >= 0.3 is 0 Å². The van der Waals surface area contributed by atoms with E-state index in [0.29, 0.717) is 11.5 Å². The molecule has 0 aliphatic rings. The van der Waals surface area contributed by atoms with Crippen LogP contribution in [0.1, 0.15) is 17.4 Å². The zero-order chi connectivity index (χ0) is 10.8. The number of imidazole rings is 1. The van der Waals surface area contributed by atoms with Crippen LogP contribution in [0.3, 0.4) is 0 Å². The van der Waals surface area contributed by atoms with Gasteiger partial charge in [0.15, 0.2) is 5.78 Å². The van der Waals surface area contributed by atoms with Crippen LogP contribution in [-0.2, 0) is 0 Å². The number of benzene rings is 1. The summed E-state index contributed by atoms with van der Waals surface area (Å²) in [6.07, 6.45) is 1.55. The number of nitrogens with one attached hydrogen (secondary N) is 1. The number of H-pyrrole nitrogens is 1. The third-order valence-corrected chi connectivity index (χ3v) is 2.55. The maximum atomic E-state index is 11.1. The highest BCUT2D eigenvalue weighted by Crippen LogP contribution is 2.20. The molecule has 2 rings (SSSR count). The molecule has 1 aromatic carbocycles. The van der Waals surface area contributed by atoms with Crippen LogP contribution in [0.15, 0.2) is 34.9 Å². The molecule has 0 aliphatic heterocycles. The highest BCUT2D eigenvalue weighted by molar-refractivity contribution is 9.10. The second-order valence-electron chi connectivity index (χ2n) is 3.21. The van der Waals surface area contributed by atoms with Crippen LogP contribution < -0.4 is 0 Å². The normalized spacial score (nSPS) is 10.3. The van der Waals surface area contributed by atoms with Crippen molar-refractivity contribution < 1.29 is 4.79 Å². The molecule has 1 heterocycles. The summed E-state index contributed by atoms with van der Waals surface area (Å²) < 4.78 is 0.987. The van der Waals surface area contributed by atoms with Gasteiger partial charge in [-0.3, -0.25) is 4.79 Å². The van der Waals surface area contributed by atoms with E-state index in [1.165, 1.54) is 6.92 Å². The van der Waals surface area contributed by atoms with Gasteiger partial charge in [0.25, 0.3) is 0 Å². The number of hydrogen-bond donors (Lipinski definition) is 1. The summed E-state index contributed by atoms with van der Waals surface area (Å²) >= 11 is 3.39. The van der Waals surface area contributed by atoms with Gasteiger partial charge in [0.05, 0.1) is 6.20 Å². The highest BCUT2D eigenvalue weighted by atomic mass is 79.9. The van der Waals surface area contributed by atoms with Gasteiger partial charge in [0, 0.05) is 17.0 Å². The lowest BCUT2D eigenvalue weighted by molar-refractivity contribution is 0.101. The quantitative estimate of drug-likeness (QED) is 0.848. The first kappa shape index (κ1) is 10.1. The number of carbonyl (C=O) groups excluding carboxylic acids is 1. The topological polar surface area (TPSA) is 45.8 Å². The predicted octanol–water partition coefficient (Wildman–Crippen LogP) is 3.04. The van der Waals surface area contributed by atoms with Crippen LogP contribution >= 0.6 is 15.9 Å². The van der Waals surface area contributed by atoms with E-state index in [1.54, 1.807) is 6.20 Å². The number of rotatable bonds is 2. The first-order chi connectivity index (χ1) is 7.16. The fourth-order valence-corrected chi connectivity index (χ4v) is 1.68. The summed E-state index contributed by atoms with van der Waals surface area (Å²) in [5.74, 6) is 0.699. The molecule has 0 spiro atoms. The van der Waals surface area contributed by atoms with E-state index in [2.05, 4.69) is 25.9 Å². The molecular formula is C11H9BrN2O. The van der Waals surface area contributed by atoms with E-state index in [0.717, 1.165) is 10.0 Å². The third-order valence-electron chi connectivity index (χ3n) is 2.05. The van der Waals surface area contributed by atoms with E-state index in [1.807, 2.05) is 24.3 Å². The number of aromatic nitrogens is 2. The van der Waals surface area contributed by atoms with Crippen molar-refractivity contribution >= 4 is 21.7 Å². The summed E-state index contributed by atoms with van der Waals surface area (Å²) in [7, 11) is 0. The summed E-state index contributed by atoms with van der Waals surface area (Å²) in [4.78, 5) is 18.2. The van der Waals surface area contributed by atoms with E-state index in [4.69, 9.17) is 0 Å². The Bertz CT molecular complexity index is 505. The average Bonchev–Trinajstić information content (AvgIpc) is 2.66. The minimum Gasteiger partial charge on any atom is -0.336 e. The molecule has 4 heteroatoms. The Labute approximate surface area is 95.7 Å². The summed E-state index contributed by atoms with van der Waals surface area (Å²) in [5.41, 5.74) is 1.49. The number of nitrogens with zero attached hydrogens (tertiary/aromatic N) is 1. The monoisotopic (exact) mass is 264 g/mol. The molecule has 0 bridgehead atoms. The zero-order valence-corrected chi connectivity index (χ0v) is 9.71. The summed E-state index contributed by atoms with van der Waals surface area (Å²) in [6.45, 7) is 1.51. The SMILES string of the molecule is CC(=O)c1cnc(-c2cccc(Br)c2)[nH]1. The molecule has 76 valence electrons. The molecule has 0 saturated carbocycles. The average molecular weight is 265 g/mol. The van der Waals surface area contributed by atoms with Crippen molar-refractivity contribution in [3.63, 3.8) is 0 Å². The standard InChI is InChI=1S/C11H9BrN2O/c1-7(15)10-6-13-11(14-10)8-3-2-4-9(12)5-8/h2-6H,1H3,(H,13,14). The molecule has 3 nitrogen and oxygen atoms in total. The van der Waals surface area contributed by atoms with E-state index < -0.39 is 0 Å². The number of halogens is 1. The number of carbonyl (C=O) groups is 1. The van der Waals surface area contributed by atoms with Gasteiger partial charge in [0.2, 0.25) is 0 Å². The molecule has 0 atom stereocenters. The van der Waals surface area contributed by atoms with Crippen molar-refractivity contribution in [3.05, 3.63) is 40.6 Å². The van der Waals surface area contributed by atoms with Crippen molar-refractivity contribution in [2.75, 3.05) is 0 Å².